The second-order valence-electron chi connectivity index (χ2n) is 6.70. The quantitative estimate of drug-likeness (QED) is 0.507. The van der Waals surface area contributed by atoms with E-state index in [1.54, 1.807) is 6.08 Å². The maximum absolute atomic E-state index is 12.6. The van der Waals surface area contributed by atoms with Crippen molar-refractivity contribution in [2.75, 3.05) is 18.1 Å². The maximum atomic E-state index is 12.6. The van der Waals surface area contributed by atoms with E-state index in [2.05, 4.69) is 30.3 Å². The Morgan fingerprint density at radius 1 is 1.13 bits per heavy atom. The molecular weight excluding hydrogens is 388 g/mol. The van der Waals surface area contributed by atoms with E-state index < -0.39 is 0 Å². The molecule has 1 aromatic rings. The lowest BCUT2D eigenvalue weighted by Gasteiger charge is -2.23. The Labute approximate surface area is 186 Å². The minimum atomic E-state index is 0.0154. The fourth-order valence-corrected chi connectivity index (χ4v) is 4.46. The van der Waals surface area contributed by atoms with Gasteiger partial charge in [-0.3, -0.25) is 4.79 Å². The van der Waals surface area contributed by atoms with Crippen LogP contribution in [0, 0.1) is 0 Å². The molecule has 2 aliphatic rings. The number of thioether (sulfide) groups is 1. The minimum Gasteiger partial charge on any atom is -0.333 e. The second-order valence-corrected chi connectivity index (χ2v) is 7.89. The summed E-state index contributed by atoms with van der Waals surface area (Å²) in [7, 11) is 1.50. The molecule has 3 N–H and O–H groups in total. The number of nitrogens with two attached hydrogens (primary N) is 1. The van der Waals surface area contributed by atoms with Gasteiger partial charge in [0.15, 0.2) is 0 Å². The first-order valence-corrected chi connectivity index (χ1v) is 11.6. The van der Waals surface area contributed by atoms with Crippen LogP contribution in [0.25, 0.3) is 5.57 Å². The van der Waals surface area contributed by atoms with Gasteiger partial charge in [0.2, 0.25) is 0 Å². The van der Waals surface area contributed by atoms with Gasteiger partial charge in [-0.1, -0.05) is 56.9 Å². The topological polar surface area (TPSA) is 55.1 Å². The Hall–Kier alpha value is -2.30. The molecule has 1 aliphatic heterocycles. The van der Waals surface area contributed by atoms with Crippen LogP contribution < -0.4 is 11.1 Å². The highest BCUT2D eigenvalue weighted by Gasteiger charge is 2.20. The number of carbonyl (C=O) groups excluding carboxylic acids is 1. The number of carbonyl (C=O) groups is 1. The monoisotopic (exact) mass is 424 g/mol. The van der Waals surface area contributed by atoms with Gasteiger partial charge in [-0.15, -0.1) is 11.8 Å². The van der Waals surface area contributed by atoms with Crippen LogP contribution >= 0.6 is 11.8 Å². The predicted octanol–water partition coefficient (Wildman–Crippen LogP) is 6.87. The van der Waals surface area contributed by atoms with Gasteiger partial charge in [0.25, 0.3) is 5.91 Å². The zero-order valence-corrected chi connectivity index (χ0v) is 19.7. The van der Waals surface area contributed by atoms with Crippen LogP contribution in [-0.2, 0) is 4.79 Å². The largest absolute Gasteiger partial charge is 0.333 e. The predicted molar refractivity (Wildman–Crippen MR) is 136 cm³/mol. The van der Waals surface area contributed by atoms with E-state index in [9.17, 15) is 4.79 Å². The van der Waals surface area contributed by atoms with Crippen molar-refractivity contribution in [2.24, 2.45) is 5.73 Å². The van der Waals surface area contributed by atoms with E-state index in [1.165, 1.54) is 29.7 Å². The molecular formula is C26H36N2OS. The first-order valence-electron chi connectivity index (χ1n) is 10.6. The molecule has 1 aromatic carbocycles. The normalized spacial score (nSPS) is 15.4. The third-order valence-electron chi connectivity index (χ3n) is 4.68. The number of benzene rings is 1. The van der Waals surface area contributed by atoms with Crippen molar-refractivity contribution in [3.05, 3.63) is 82.8 Å². The lowest BCUT2D eigenvalue weighted by atomic mass is 9.95. The summed E-state index contributed by atoms with van der Waals surface area (Å²) >= 11 is 1.96. The summed E-state index contributed by atoms with van der Waals surface area (Å²) in [5.74, 6) is 1.23. The van der Waals surface area contributed by atoms with Crippen molar-refractivity contribution < 1.29 is 4.79 Å². The van der Waals surface area contributed by atoms with Gasteiger partial charge >= 0.3 is 0 Å². The van der Waals surface area contributed by atoms with Crippen LogP contribution in [-0.4, -0.2) is 18.7 Å². The highest BCUT2D eigenvalue weighted by Crippen LogP contribution is 2.38. The Morgan fingerprint density at radius 2 is 1.80 bits per heavy atom. The fourth-order valence-electron chi connectivity index (χ4n) is 3.33. The molecule has 0 aromatic heterocycles. The van der Waals surface area contributed by atoms with Crippen molar-refractivity contribution in [1.29, 1.82) is 0 Å². The zero-order chi connectivity index (χ0) is 22.5. The Kier molecular flexibility index (Phi) is 11.9. The summed E-state index contributed by atoms with van der Waals surface area (Å²) in [6.07, 6.45) is 9.98. The molecule has 0 unspecified atom stereocenters. The number of hydrogen-bond acceptors (Lipinski definition) is 3. The molecule has 0 saturated carbocycles. The highest BCUT2D eigenvalue weighted by atomic mass is 32.2. The van der Waals surface area contributed by atoms with Crippen molar-refractivity contribution >= 4 is 28.9 Å². The number of allylic oxidation sites excluding steroid dienone is 7. The molecule has 30 heavy (non-hydrogen) atoms. The Morgan fingerprint density at radius 3 is 2.40 bits per heavy atom. The number of anilines is 1. The zero-order valence-electron chi connectivity index (χ0n) is 18.9. The molecule has 162 valence electrons. The van der Waals surface area contributed by atoms with E-state index in [-0.39, 0.29) is 5.91 Å². The van der Waals surface area contributed by atoms with E-state index in [0.29, 0.717) is 0 Å². The number of amides is 1. The van der Waals surface area contributed by atoms with Crippen molar-refractivity contribution in [2.45, 2.75) is 46.5 Å². The summed E-state index contributed by atoms with van der Waals surface area (Å²) in [5, 5.41) is 3.04. The molecule has 0 spiro atoms. The van der Waals surface area contributed by atoms with E-state index in [4.69, 9.17) is 0 Å². The van der Waals surface area contributed by atoms with Crippen LogP contribution in [0.5, 0.6) is 0 Å². The number of nitrogens with one attached hydrogen (secondary N) is 1. The average molecular weight is 425 g/mol. The maximum Gasteiger partial charge on any atom is 0.251 e. The number of rotatable bonds is 5. The van der Waals surface area contributed by atoms with Gasteiger partial charge in [-0.25, -0.2) is 0 Å². The highest BCUT2D eigenvalue weighted by molar-refractivity contribution is 8.03. The van der Waals surface area contributed by atoms with Crippen LogP contribution in [0.3, 0.4) is 0 Å². The second kappa shape index (κ2) is 13.8. The lowest BCUT2D eigenvalue weighted by Crippen LogP contribution is -2.17. The SMILES string of the molecule is C=C/C=C(\C(=C)C)c1ccc(NC(=O)C2=CC3=C(CC2)SCCC3)cc1.CC.CN. The van der Waals surface area contributed by atoms with Gasteiger partial charge < -0.3 is 11.1 Å². The van der Waals surface area contributed by atoms with Gasteiger partial charge in [-0.2, -0.15) is 0 Å². The molecule has 4 heteroatoms. The molecule has 0 saturated heterocycles. The fraction of sp³-hybridized carbons (Fsp3) is 0.346. The van der Waals surface area contributed by atoms with Crippen LogP contribution in [0.4, 0.5) is 5.69 Å². The molecule has 1 amide bonds. The smallest absolute Gasteiger partial charge is 0.251 e. The Balaban J connectivity index is 0.00000106. The number of hydrogen-bond donors (Lipinski definition) is 2. The summed E-state index contributed by atoms with van der Waals surface area (Å²) in [6.45, 7) is 13.8. The van der Waals surface area contributed by atoms with Crippen molar-refractivity contribution in [3.63, 3.8) is 0 Å². The first kappa shape index (κ1) is 25.7. The van der Waals surface area contributed by atoms with Crippen LogP contribution in [0.15, 0.2) is 77.3 Å². The standard InChI is InChI=1S/C23H25NOS.C2H6.CH5N/c1-4-6-21(16(2)3)17-8-11-20(12-9-17)24-23(25)19-10-13-22-18(15-19)7-5-14-26-22;2*1-2/h4,6,8-9,11-12,15H,1-2,5,7,10,13-14H2,3H3,(H,24,25);1-2H3;2H2,1H3/b21-6+;;. The van der Waals surface area contributed by atoms with Gasteiger partial charge in [0.05, 0.1) is 0 Å². The molecule has 3 rings (SSSR count). The summed E-state index contributed by atoms with van der Waals surface area (Å²) < 4.78 is 0. The lowest BCUT2D eigenvalue weighted by molar-refractivity contribution is -0.113. The van der Waals surface area contributed by atoms with E-state index >= 15 is 0 Å². The van der Waals surface area contributed by atoms with Gasteiger partial charge in [0, 0.05) is 11.3 Å². The van der Waals surface area contributed by atoms with Crippen LogP contribution in [0.2, 0.25) is 0 Å². The third-order valence-corrected chi connectivity index (χ3v) is 5.99. The summed E-state index contributed by atoms with van der Waals surface area (Å²) in [5.41, 5.74) is 10.7. The van der Waals surface area contributed by atoms with Crippen LogP contribution in [0.1, 0.15) is 52.0 Å². The molecule has 3 nitrogen and oxygen atoms in total. The average Bonchev–Trinajstić information content (AvgIpc) is 2.80. The molecule has 0 atom stereocenters. The Bertz CT molecular complexity index is 829. The minimum absolute atomic E-state index is 0.0154. The molecule has 0 radical (unpaired) electrons. The molecule has 0 bridgehead atoms. The first-order chi connectivity index (χ1) is 14.6. The summed E-state index contributed by atoms with van der Waals surface area (Å²) in [4.78, 5) is 14.1. The van der Waals surface area contributed by atoms with E-state index in [0.717, 1.165) is 47.2 Å². The van der Waals surface area contributed by atoms with E-state index in [1.807, 2.05) is 62.9 Å². The van der Waals surface area contributed by atoms with Crippen molar-refractivity contribution in [3.8, 4) is 0 Å². The molecule has 1 aliphatic carbocycles. The molecule has 0 fully saturated rings. The van der Waals surface area contributed by atoms with Crippen molar-refractivity contribution in [1.82, 2.24) is 0 Å². The molecule has 1 heterocycles. The summed E-state index contributed by atoms with van der Waals surface area (Å²) in [6, 6.07) is 7.90. The van der Waals surface area contributed by atoms with Gasteiger partial charge in [-0.05, 0) is 85.2 Å². The third kappa shape index (κ3) is 7.19. The van der Waals surface area contributed by atoms with Gasteiger partial charge in [0.1, 0.15) is 0 Å².